The molecule has 0 bridgehead atoms. The van der Waals surface area contributed by atoms with Crippen LogP contribution in [0.25, 0.3) is 0 Å². The molecular weight excluding hydrogens is 478 g/mol. The summed E-state index contributed by atoms with van der Waals surface area (Å²) >= 11 is 0. The SMILES string of the molecule is O=C(C[C@@H]1C/C=C/CCC(=O)N[C@@H](c2ccccc2)COC1=O)NCC1CCN(Cc2ccccc2)CC1. The standard InChI is InChI=1S/C31H39N3O4/c35-29-15-9-3-8-14-27(31(37)38-23-28(33-29)26-12-6-2-7-13-26)20-30(36)32-21-24-16-18-34(19-17-24)22-25-10-4-1-5-11-25/h1-8,10-13,24,27-28H,9,14-23H2,(H,32,36)(H,33,35)/b8-3+/t27-,28+/m0/s1. The van der Waals surface area contributed by atoms with Gasteiger partial charge in [-0.15, -0.1) is 0 Å². The van der Waals surface area contributed by atoms with Crippen LogP contribution in [0.4, 0.5) is 0 Å². The largest absolute Gasteiger partial charge is 0.463 e. The van der Waals surface area contributed by atoms with Gasteiger partial charge >= 0.3 is 5.97 Å². The molecule has 0 unspecified atom stereocenters. The monoisotopic (exact) mass is 517 g/mol. The predicted octanol–water partition coefficient (Wildman–Crippen LogP) is 4.16. The number of rotatable bonds is 7. The Morgan fingerprint density at radius 1 is 0.974 bits per heavy atom. The minimum absolute atomic E-state index is 0.0397. The van der Waals surface area contributed by atoms with Gasteiger partial charge < -0.3 is 15.4 Å². The number of carbonyl (C=O) groups is 3. The van der Waals surface area contributed by atoms with E-state index in [1.165, 1.54) is 5.56 Å². The van der Waals surface area contributed by atoms with Crippen molar-refractivity contribution < 1.29 is 19.1 Å². The van der Waals surface area contributed by atoms with Gasteiger partial charge in [0.15, 0.2) is 0 Å². The molecule has 1 saturated heterocycles. The topological polar surface area (TPSA) is 87.7 Å². The Morgan fingerprint density at radius 2 is 1.68 bits per heavy atom. The Bertz CT molecular complexity index is 1070. The third-order valence-electron chi connectivity index (χ3n) is 7.36. The van der Waals surface area contributed by atoms with Gasteiger partial charge in [0, 0.05) is 25.9 Å². The first kappa shape index (κ1) is 27.6. The molecule has 0 aromatic heterocycles. The molecule has 0 radical (unpaired) electrons. The van der Waals surface area contributed by atoms with Crippen LogP contribution in [-0.2, 0) is 25.7 Å². The first-order valence-corrected chi connectivity index (χ1v) is 13.8. The second-order valence-electron chi connectivity index (χ2n) is 10.3. The van der Waals surface area contributed by atoms with Crippen LogP contribution in [0.1, 0.15) is 55.7 Å². The summed E-state index contributed by atoms with van der Waals surface area (Å²) < 4.78 is 5.63. The summed E-state index contributed by atoms with van der Waals surface area (Å²) in [6.45, 7) is 3.68. The number of piperidine rings is 1. The summed E-state index contributed by atoms with van der Waals surface area (Å²) in [7, 11) is 0. The van der Waals surface area contributed by atoms with E-state index in [4.69, 9.17) is 4.74 Å². The van der Waals surface area contributed by atoms with Gasteiger partial charge in [-0.3, -0.25) is 19.3 Å². The third-order valence-corrected chi connectivity index (χ3v) is 7.36. The van der Waals surface area contributed by atoms with Crippen LogP contribution >= 0.6 is 0 Å². The summed E-state index contributed by atoms with van der Waals surface area (Å²) in [6.07, 6.45) is 7.35. The number of benzene rings is 2. The van der Waals surface area contributed by atoms with E-state index in [-0.39, 0.29) is 24.8 Å². The van der Waals surface area contributed by atoms with Gasteiger partial charge in [0.1, 0.15) is 6.61 Å². The Morgan fingerprint density at radius 3 is 2.42 bits per heavy atom. The highest BCUT2D eigenvalue weighted by Crippen LogP contribution is 2.20. The van der Waals surface area contributed by atoms with Gasteiger partial charge in [-0.25, -0.2) is 0 Å². The maximum atomic E-state index is 13.0. The quantitative estimate of drug-likeness (QED) is 0.425. The smallest absolute Gasteiger partial charge is 0.309 e. The Hall–Kier alpha value is -3.45. The van der Waals surface area contributed by atoms with E-state index in [0.29, 0.717) is 31.7 Å². The number of nitrogens with zero attached hydrogens (tertiary/aromatic N) is 1. The number of cyclic esters (lactones) is 1. The van der Waals surface area contributed by atoms with Crippen molar-refractivity contribution in [3.8, 4) is 0 Å². The zero-order valence-corrected chi connectivity index (χ0v) is 22.0. The maximum absolute atomic E-state index is 13.0. The van der Waals surface area contributed by atoms with Crippen LogP contribution in [0.15, 0.2) is 72.8 Å². The van der Waals surface area contributed by atoms with Crippen LogP contribution in [0, 0.1) is 11.8 Å². The highest BCUT2D eigenvalue weighted by atomic mass is 16.5. The van der Waals surface area contributed by atoms with Gasteiger partial charge in [0.05, 0.1) is 12.0 Å². The van der Waals surface area contributed by atoms with Crippen molar-refractivity contribution in [2.75, 3.05) is 26.2 Å². The lowest BCUT2D eigenvalue weighted by molar-refractivity contribution is -0.151. The van der Waals surface area contributed by atoms with Crippen molar-refractivity contribution >= 4 is 17.8 Å². The van der Waals surface area contributed by atoms with Gasteiger partial charge in [-0.2, -0.15) is 0 Å². The molecule has 2 aromatic carbocycles. The minimum atomic E-state index is -0.550. The third kappa shape index (κ3) is 8.84. The molecule has 7 heteroatoms. The number of allylic oxidation sites excluding steroid dienone is 2. The van der Waals surface area contributed by atoms with Crippen molar-refractivity contribution in [2.24, 2.45) is 11.8 Å². The van der Waals surface area contributed by atoms with Gasteiger partial charge in [-0.1, -0.05) is 72.8 Å². The molecule has 2 amide bonds. The molecule has 2 aliphatic rings. The van der Waals surface area contributed by atoms with E-state index in [9.17, 15) is 14.4 Å². The summed E-state index contributed by atoms with van der Waals surface area (Å²) in [5.41, 5.74) is 2.21. The van der Waals surface area contributed by atoms with E-state index in [2.05, 4.69) is 39.8 Å². The Labute approximate surface area is 225 Å². The first-order valence-electron chi connectivity index (χ1n) is 13.8. The number of hydrogen-bond acceptors (Lipinski definition) is 5. The van der Waals surface area contributed by atoms with Gasteiger partial charge in [0.2, 0.25) is 11.8 Å². The van der Waals surface area contributed by atoms with E-state index >= 15 is 0 Å². The van der Waals surface area contributed by atoms with E-state index in [0.717, 1.165) is 38.0 Å². The average Bonchev–Trinajstić information content (AvgIpc) is 2.94. The van der Waals surface area contributed by atoms with Crippen LogP contribution in [0.5, 0.6) is 0 Å². The van der Waals surface area contributed by atoms with Gasteiger partial charge in [0.25, 0.3) is 0 Å². The summed E-state index contributed by atoms with van der Waals surface area (Å²) in [5, 5.41) is 6.03. The highest BCUT2D eigenvalue weighted by molar-refractivity contribution is 5.83. The molecule has 4 rings (SSSR count). The summed E-state index contributed by atoms with van der Waals surface area (Å²) in [4.78, 5) is 40.6. The van der Waals surface area contributed by atoms with E-state index in [1.807, 2.05) is 48.6 Å². The number of ether oxygens (including phenoxy) is 1. The molecule has 2 heterocycles. The summed E-state index contributed by atoms with van der Waals surface area (Å²) in [5.74, 6) is -0.710. The molecule has 0 saturated carbocycles. The second kappa shape index (κ2) is 14.5. The molecule has 2 N–H and O–H groups in total. The summed E-state index contributed by atoms with van der Waals surface area (Å²) in [6, 6.07) is 19.6. The molecule has 2 aromatic rings. The Kier molecular flexibility index (Phi) is 10.5. The van der Waals surface area contributed by atoms with Crippen LogP contribution in [0.2, 0.25) is 0 Å². The first-order chi connectivity index (χ1) is 18.6. The van der Waals surface area contributed by atoms with Crippen molar-refractivity contribution in [1.29, 1.82) is 0 Å². The van der Waals surface area contributed by atoms with Crippen molar-refractivity contribution in [3.63, 3.8) is 0 Å². The molecule has 0 aliphatic carbocycles. The highest BCUT2D eigenvalue weighted by Gasteiger charge is 2.26. The van der Waals surface area contributed by atoms with E-state index < -0.39 is 17.9 Å². The molecule has 2 aliphatic heterocycles. The fourth-order valence-corrected chi connectivity index (χ4v) is 5.06. The zero-order chi connectivity index (χ0) is 26.6. The van der Waals surface area contributed by atoms with Crippen LogP contribution < -0.4 is 10.6 Å². The molecule has 38 heavy (non-hydrogen) atoms. The zero-order valence-electron chi connectivity index (χ0n) is 22.0. The fourth-order valence-electron chi connectivity index (χ4n) is 5.06. The van der Waals surface area contributed by atoms with E-state index in [1.54, 1.807) is 0 Å². The number of hydrogen-bond donors (Lipinski definition) is 2. The van der Waals surface area contributed by atoms with Crippen LogP contribution in [0.3, 0.4) is 0 Å². The average molecular weight is 518 g/mol. The number of likely N-dealkylation sites (tertiary alicyclic amines) is 1. The molecular formula is C31H39N3O4. The van der Waals surface area contributed by atoms with Gasteiger partial charge in [-0.05, 0) is 55.8 Å². The lowest BCUT2D eigenvalue weighted by Crippen LogP contribution is -2.39. The lowest BCUT2D eigenvalue weighted by Gasteiger charge is -2.32. The Balaban J connectivity index is 1.25. The fraction of sp³-hybridized carbons (Fsp3) is 0.452. The minimum Gasteiger partial charge on any atom is -0.463 e. The molecule has 1 fully saturated rings. The van der Waals surface area contributed by atoms with Crippen molar-refractivity contribution in [3.05, 3.63) is 83.9 Å². The number of carbonyl (C=O) groups excluding carboxylic acids is 3. The lowest BCUT2D eigenvalue weighted by atomic mass is 9.95. The molecule has 7 nitrogen and oxygen atoms in total. The number of amides is 2. The molecule has 0 spiro atoms. The molecule has 2 atom stereocenters. The number of esters is 1. The van der Waals surface area contributed by atoms with Crippen molar-refractivity contribution in [2.45, 2.75) is 51.1 Å². The molecule has 202 valence electrons. The second-order valence-corrected chi connectivity index (χ2v) is 10.3. The predicted molar refractivity (Wildman–Crippen MR) is 147 cm³/mol. The number of nitrogens with one attached hydrogen (secondary N) is 2. The van der Waals surface area contributed by atoms with Crippen LogP contribution in [-0.4, -0.2) is 48.9 Å². The van der Waals surface area contributed by atoms with Crippen molar-refractivity contribution in [1.82, 2.24) is 15.5 Å². The maximum Gasteiger partial charge on any atom is 0.309 e. The normalized spacial score (nSPS) is 22.8.